The third kappa shape index (κ3) is 5.04. The van der Waals surface area contributed by atoms with Crippen LogP contribution in [0.2, 0.25) is 0 Å². The molecule has 0 aliphatic carbocycles. The standard InChI is InChI=1S/C16H24N2O4/c1-5-10(2)15(17)16(20)18-13-7-6-12(8-11(13)3)22-9-14(19)21-4/h6-8,10,15H,5,9,17H2,1-4H3,(H,18,20). The Balaban J connectivity index is 2.69. The summed E-state index contributed by atoms with van der Waals surface area (Å²) >= 11 is 0. The molecule has 2 unspecified atom stereocenters. The maximum Gasteiger partial charge on any atom is 0.343 e. The van der Waals surface area contributed by atoms with Gasteiger partial charge in [0.15, 0.2) is 6.61 Å². The second kappa shape index (κ2) is 8.38. The summed E-state index contributed by atoms with van der Waals surface area (Å²) in [6, 6.07) is 4.61. The molecule has 0 saturated carbocycles. The van der Waals surface area contributed by atoms with Gasteiger partial charge in [-0.2, -0.15) is 0 Å². The minimum absolute atomic E-state index is 0.114. The van der Waals surface area contributed by atoms with Crippen molar-refractivity contribution >= 4 is 17.6 Å². The predicted molar refractivity (Wildman–Crippen MR) is 84.8 cm³/mol. The first-order chi connectivity index (χ1) is 10.4. The molecule has 0 aliphatic heterocycles. The molecule has 2 atom stereocenters. The van der Waals surface area contributed by atoms with E-state index in [4.69, 9.17) is 10.5 Å². The largest absolute Gasteiger partial charge is 0.482 e. The van der Waals surface area contributed by atoms with E-state index in [-0.39, 0.29) is 18.4 Å². The van der Waals surface area contributed by atoms with Crippen molar-refractivity contribution in [3.05, 3.63) is 23.8 Å². The number of esters is 1. The highest BCUT2D eigenvalue weighted by molar-refractivity contribution is 5.95. The number of anilines is 1. The molecule has 1 amide bonds. The number of hydrogen-bond donors (Lipinski definition) is 2. The molecular formula is C16H24N2O4. The van der Waals surface area contributed by atoms with Crippen LogP contribution in [0.5, 0.6) is 5.75 Å². The van der Waals surface area contributed by atoms with Gasteiger partial charge in [-0.3, -0.25) is 4.79 Å². The number of carbonyl (C=O) groups is 2. The van der Waals surface area contributed by atoms with Crippen molar-refractivity contribution in [2.75, 3.05) is 19.0 Å². The van der Waals surface area contributed by atoms with E-state index in [1.807, 2.05) is 20.8 Å². The second-order valence-electron chi connectivity index (χ2n) is 5.24. The lowest BCUT2D eigenvalue weighted by atomic mass is 9.99. The van der Waals surface area contributed by atoms with Crippen LogP contribution in [0.1, 0.15) is 25.8 Å². The first-order valence-corrected chi connectivity index (χ1v) is 7.25. The smallest absolute Gasteiger partial charge is 0.343 e. The van der Waals surface area contributed by atoms with E-state index in [9.17, 15) is 9.59 Å². The third-order valence-corrected chi connectivity index (χ3v) is 3.60. The van der Waals surface area contributed by atoms with Gasteiger partial charge in [-0.25, -0.2) is 4.79 Å². The lowest BCUT2D eigenvalue weighted by molar-refractivity contribution is -0.142. The Morgan fingerprint density at radius 1 is 1.36 bits per heavy atom. The van der Waals surface area contributed by atoms with Crippen LogP contribution in [-0.2, 0) is 14.3 Å². The zero-order chi connectivity index (χ0) is 16.7. The average molecular weight is 308 g/mol. The van der Waals surface area contributed by atoms with E-state index in [0.29, 0.717) is 11.4 Å². The number of amides is 1. The van der Waals surface area contributed by atoms with Gasteiger partial charge in [0.2, 0.25) is 5.91 Å². The number of ether oxygens (including phenoxy) is 2. The molecule has 0 radical (unpaired) electrons. The Labute approximate surface area is 131 Å². The topological polar surface area (TPSA) is 90.7 Å². The van der Waals surface area contributed by atoms with Crippen LogP contribution in [-0.4, -0.2) is 31.6 Å². The van der Waals surface area contributed by atoms with Gasteiger partial charge in [-0.05, 0) is 36.6 Å². The van der Waals surface area contributed by atoms with Crippen molar-refractivity contribution in [1.82, 2.24) is 0 Å². The molecule has 1 rings (SSSR count). The molecule has 6 nitrogen and oxygen atoms in total. The van der Waals surface area contributed by atoms with E-state index in [1.165, 1.54) is 7.11 Å². The molecule has 0 aromatic heterocycles. The third-order valence-electron chi connectivity index (χ3n) is 3.60. The highest BCUT2D eigenvalue weighted by atomic mass is 16.6. The molecule has 1 aromatic carbocycles. The van der Waals surface area contributed by atoms with Gasteiger partial charge in [0.05, 0.1) is 13.2 Å². The molecule has 0 spiro atoms. The number of hydrogen-bond acceptors (Lipinski definition) is 5. The first kappa shape index (κ1) is 18.0. The second-order valence-corrected chi connectivity index (χ2v) is 5.24. The molecule has 0 saturated heterocycles. The van der Waals surface area contributed by atoms with E-state index in [2.05, 4.69) is 10.1 Å². The summed E-state index contributed by atoms with van der Waals surface area (Å²) in [5, 5.41) is 2.82. The van der Waals surface area contributed by atoms with E-state index < -0.39 is 12.0 Å². The van der Waals surface area contributed by atoms with Crippen molar-refractivity contribution in [2.24, 2.45) is 11.7 Å². The number of benzene rings is 1. The SMILES string of the molecule is CCC(C)C(N)C(=O)Nc1ccc(OCC(=O)OC)cc1C. The van der Waals surface area contributed by atoms with Crippen LogP contribution < -0.4 is 15.8 Å². The Kier molecular flexibility index (Phi) is 6.85. The van der Waals surface area contributed by atoms with Crippen LogP contribution >= 0.6 is 0 Å². The molecule has 1 aromatic rings. The fraction of sp³-hybridized carbons (Fsp3) is 0.500. The van der Waals surface area contributed by atoms with Crippen molar-refractivity contribution in [3.8, 4) is 5.75 Å². The van der Waals surface area contributed by atoms with Gasteiger partial charge in [0.25, 0.3) is 0 Å². The van der Waals surface area contributed by atoms with Gasteiger partial charge >= 0.3 is 5.97 Å². The number of aryl methyl sites for hydroxylation is 1. The number of methoxy groups -OCH3 is 1. The summed E-state index contributed by atoms with van der Waals surface area (Å²) in [7, 11) is 1.30. The molecule has 0 fully saturated rings. The number of rotatable bonds is 7. The fourth-order valence-corrected chi connectivity index (χ4v) is 1.80. The average Bonchev–Trinajstić information content (AvgIpc) is 2.52. The van der Waals surface area contributed by atoms with Gasteiger partial charge in [0, 0.05) is 5.69 Å². The zero-order valence-electron chi connectivity index (χ0n) is 13.5. The summed E-state index contributed by atoms with van der Waals surface area (Å²) in [6.07, 6.45) is 0.841. The van der Waals surface area contributed by atoms with E-state index in [0.717, 1.165) is 12.0 Å². The van der Waals surface area contributed by atoms with Crippen LogP contribution in [0.15, 0.2) is 18.2 Å². The van der Waals surface area contributed by atoms with E-state index >= 15 is 0 Å². The number of nitrogens with two attached hydrogens (primary N) is 1. The summed E-state index contributed by atoms with van der Waals surface area (Å²) in [4.78, 5) is 23.1. The molecule has 6 heteroatoms. The minimum atomic E-state index is -0.542. The molecule has 0 aliphatic rings. The molecular weight excluding hydrogens is 284 g/mol. The van der Waals surface area contributed by atoms with Gasteiger partial charge in [0.1, 0.15) is 5.75 Å². The zero-order valence-corrected chi connectivity index (χ0v) is 13.5. The Bertz CT molecular complexity index is 531. The number of nitrogens with one attached hydrogen (secondary N) is 1. The summed E-state index contributed by atoms with van der Waals surface area (Å²) in [6.45, 7) is 5.63. The minimum Gasteiger partial charge on any atom is -0.482 e. The summed E-state index contributed by atoms with van der Waals surface area (Å²) in [5.74, 6) is -0.00895. The normalized spacial score (nSPS) is 13.1. The van der Waals surface area contributed by atoms with Crippen molar-refractivity contribution in [3.63, 3.8) is 0 Å². The highest BCUT2D eigenvalue weighted by Crippen LogP contribution is 2.22. The molecule has 0 heterocycles. The van der Waals surface area contributed by atoms with Crippen LogP contribution in [0.4, 0.5) is 5.69 Å². The molecule has 0 bridgehead atoms. The summed E-state index contributed by atoms with van der Waals surface area (Å²) in [5.41, 5.74) is 7.41. The first-order valence-electron chi connectivity index (χ1n) is 7.25. The maximum absolute atomic E-state index is 12.1. The maximum atomic E-state index is 12.1. The van der Waals surface area contributed by atoms with Crippen LogP contribution in [0.25, 0.3) is 0 Å². The number of carbonyl (C=O) groups excluding carboxylic acids is 2. The lowest BCUT2D eigenvalue weighted by Gasteiger charge is -2.18. The van der Waals surface area contributed by atoms with Crippen LogP contribution in [0, 0.1) is 12.8 Å². The Morgan fingerprint density at radius 2 is 2.05 bits per heavy atom. The molecule has 22 heavy (non-hydrogen) atoms. The highest BCUT2D eigenvalue weighted by Gasteiger charge is 2.20. The van der Waals surface area contributed by atoms with Crippen molar-refractivity contribution < 1.29 is 19.1 Å². The Morgan fingerprint density at radius 3 is 2.59 bits per heavy atom. The predicted octanol–water partition coefficient (Wildman–Crippen LogP) is 1.86. The quantitative estimate of drug-likeness (QED) is 0.750. The van der Waals surface area contributed by atoms with E-state index in [1.54, 1.807) is 18.2 Å². The fourth-order valence-electron chi connectivity index (χ4n) is 1.80. The van der Waals surface area contributed by atoms with Crippen molar-refractivity contribution in [2.45, 2.75) is 33.2 Å². The molecule has 122 valence electrons. The van der Waals surface area contributed by atoms with Gasteiger partial charge in [-0.1, -0.05) is 20.3 Å². The van der Waals surface area contributed by atoms with Gasteiger partial charge < -0.3 is 20.5 Å². The van der Waals surface area contributed by atoms with Gasteiger partial charge in [-0.15, -0.1) is 0 Å². The summed E-state index contributed by atoms with van der Waals surface area (Å²) < 4.78 is 9.79. The lowest BCUT2D eigenvalue weighted by Crippen LogP contribution is -2.40. The van der Waals surface area contributed by atoms with Crippen LogP contribution in [0.3, 0.4) is 0 Å². The Hall–Kier alpha value is -2.08. The molecule has 3 N–H and O–H groups in total. The monoisotopic (exact) mass is 308 g/mol. The van der Waals surface area contributed by atoms with Crippen molar-refractivity contribution in [1.29, 1.82) is 0 Å².